The Bertz CT molecular complexity index is 2660. The highest BCUT2D eigenvalue weighted by molar-refractivity contribution is 5.95. The van der Waals surface area contributed by atoms with Crippen LogP contribution in [-0.2, 0) is 36.3 Å². The monoisotopic (exact) mass is 885 g/mol. The molecule has 12 nitrogen and oxygen atoms in total. The predicted octanol–water partition coefficient (Wildman–Crippen LogP) is 6.19. The molecule has 2 bridgehead atoms. The van der Waals surface area contributed by atoms with Crippen molar-refractivity contribution < 1.29 is 38.1 Å². The second-order valence-corrected chi connectivity index (χ2v) is 19.4. The van der Waals surface area contributed by atoms with Crippen molar-refractivity contribution in [2.45, 2.75) is 87.5 Å². The number of para-hydroxylation sites is 1. The number of hydrogen-bond acceptors (Lipinski definition) is 10. The summed E-state index contributed by atoms with van der Waals surface area (Å²) in [6.07, 6.45) is 8.70. The quantitative estimate of drug-likeness (QED) is 0.132. The fourth-order valence-electron chi connectivity index (χ4n) is 14.0. The number of aromatic amines is 1. The van der Waals surface area contributed by atoms with E-state index in [1.165, 1.54) is 37.8 Å². The molecule has 1 aromatic heterocycles. The molecule has 1 amide bonds. The molecule has 13 heteroatoms. The summed E-state index contributed by atoms with van der Waals surface area (Å²) in [5.41, 5.74) is 1.74. The zero-order valence-corrected chi connectivity index (χ0v) is 38.2. The van der Waals surface area contributed by atoms with Crippen LogP contribution in [0.5, 0.6) is 5.75 Å². The van der Waals surface area contributed by atoms with E-state index >= 15 is 4.79 Å². The third-order valence-corrected chi connectivity index (χ3v) is 16.3. The normalized spacial score (nSPS) is 32.2. The van der Waals surface area contributed by atoms with E-state index in [1.54, 1.807) is 7.11 Å². The van der Waals surface area contributed by atoms with Gasteiger partial charge in [0.05, 0.1) is 26.8 Å². The van der Waals surface area contributed by atoms with Gasteiger partial charge in [0.15, 0.2) is 0 Å². The molecule has 1 saturated heterocycles. The van der Waals surface area contributed by atoms with Gasteiger partial charge in [0.25, 0.3) is 5.91 Å². The van der Waals surface area contributed by atoms with Gasteiger partial charge in [0.1, 0.15) is 28.7 Å². The molecule has 6 heterocycles. The number of nitrogens with zero attached hydrogens (tertiary/aromatic N) is 3. The number of anilines is 1. The maximum Gasteiger partial charge on any atom is 0.322 e. The average Bonchev–Trinajstić information content (AvgIpc) is 3.97. The Labute approximate surface area is 379 Å². The van der Waals surface area contributed by atoms with Crippen LogP contribution < -0.4 is 15.0 Å². The summed E-state index contributed by atoms with van der Waals surface area (Å²) in [5, 5.41) is 17.9. The summed E-state index contributed by atoms with van der Waals surface area (Å²) in [6.45, 7) is 9.18. The number of rotatable bonds is 9. The number of esters is 2. The number of benzene rings is 3. The lowest BCUT2D eigenvalue weighted by Gasteiger charge is -2.64. The van der Waals surface area contributed by atoms with Gasteiger partial charge in [-0.3, -0.25) is 24.2 Å². The number of aromatic nitrogens is 1. The number of ether oxygens (including phenoxy) is 3. The number of halogens is 1. The van der Waals surface area contributed by atoms with Gasteiger partial charge >= 0.3 is 11.9 Å². The van der Waals surface area contributed by atoms with E-state index in [1.807, 2.05) is 25.2 Å². The molecule has 4 aromatic rings. The largest absolute Gasteiger partial charge is 0.496 e. The van der Waals surface area contributed by atoms with Crippen molar-refractivity contribution in [3.05, 3.63) is 118 Å². The molecule has 1 aliphatic carbocycles. The SMILES string of the molecule is CCC1=C[C@@H]2CN(CCc3c([nH]c4ccccc34)[C@@](C(=O)OC)(c3cc4c(cc3OC)N(C)[C@H]3[C@@](O)(CNC(=O)c5cccc(F)c5)[C@H](OC(C)=O)[C@]5(CC)C=CCN6CC[C@]43[C@@H]65)C2)C1. The first-order valence-corrected chi connectivity index (χ1v) is 23.2. The van der Waals surface area contributed by atoms with E-state index in [0.717, 1.165) is 72.0 Å². The highest BCUT2D eigenvalue weighted by Crippen LogP contribution is 2.68. The lowest BCUT2D eigenvalue weighted by molar-refractivity contribution is -0.216. The maximum atomic E-state index is 15.4. The Morgan fingerprint density at radius 1 is 1.02 bits per heavy atom. The second-order valence-electron chi connectivity index (χ2n) is 19.4. The van der Waals surface area contributed by atoms with Crippen LogP contribution in [-0.4, -0.2) is 122 Å². The van der Waals surface area contributed by atoms with Crippen LogP contribution >= 0.6 is 0 Å². The van der Waals surface area contributed by atoms with E-state index < -0.39 is 51.7 Å². The molecule has 2 fully saturated rings. The standard InChI is InChI=1S/C52H60FN5O7/c1-7-32-23-33-27-51(48(61)64-6,43-37(17-21-57(28-32)29-33)36-15-9-10-16-40(36)55-43)39-25-38-41(26-42(39)63-5)56(4)46-50(38)19-22-58-20-12-18-49(8-2,45(50)58)47(65-31(3)59)52(46,62)30-54-44(60)34-13-11-14-35(53)24-34/h9-16,18,23-26,33,45-47,55,62H,7-8,17,19-22,27-30H2,1-6H3,(H,54,60)/t33-,45-,46+,47+,49+,50+,51-,52-/m0/s1. The summed E-state index contributed by atoms with van der Waals surface area (Å²) in [7, 11) is 5.05. The lowest BCUT2D eigenvalue weighted by atomic mass is 9.47. The first-order valence-electron chi connectivity index (χ1n) is 23.2. The summed E-state index contributed by atoms with van der Waals surface area (Å²) in [5.74, 6) is -1.54. The molecule has 65 heavy (non-hydrogen) atoms. The van der Waals surface area contributed by atoms with Crippen LogP contribution in [0.15, 0.2) is 84.5 Å². The summed E-state index contributed by atoms with van der Waals surface area (Å²) in [6, 6.07) is 16.9. The van der Waals surface area contributed by atoms with Gasteiger partial charge in [-0.25, -0.2) is 4.39 Å². The van der Waals surface area contributed by atoms with E-state index in [4.69, 9.17) is 14.2 Å². The van der Waals surface area contributed by atoms with Gasteiger partial charge < -0.3 is 34.5 Å². The topological polar surface area (TPSA) is 137 Å². The first kappa shape index (κ1) is 43.4. The fourth-order valence-corrected chi connectivity index (χ4v) is 14.0. The van der Waals surface area contributed by atoms with Gasteiger partial charge in [-0.15, -0.1) is 0 Å². The molecule has 342 valence electrons. The first-order chi connectivity index (χ1) is 31.3. The minimum Gasteiger partial charge on any atom is -0.496 e. The van der Waals surface area contributed by atoms with Gasteiger partial charge in [0, 0.05) is 96.5 Å². The molecule has 6 aliphatic rings. The molecule has 1 unspecified atom stereocenters. The molecule has 1 spiro atoms. The van der Waals surface area contributed by atoms with E-state index in [-0.39, 0.29) is 30.0 Å². The number of methoxy groups -OCH3 is 2. The number of carbonyl (C=O) groups is 3. The fraction of sp³-hybridized carbons (Fsp3) is 0.481. The molecule has 1 saturated carbocycles. The Hall–Kier alpha value is -5.50. The predicted molar refractivity (Wildman–Crippen MR) is 246 cm³/mol. The van der Waals surface area contributed by atoms with Gasteiger partial charge in [-0.05, 0) is 86.0 Å². The summed E-state index contributed by atoms with van der Waals surface area (Å²) >= 11 is 0. The zero-order valence-electron chi connectivity index (χ0n) is 38.2. The highest BCUT2D eigenvalue weighted by atomic mass is 19.1. The number of nitrogens with one attached hydrogen (secondary N) is 2. The van der Waals surface area contributed by atoms with Crippen LogP contribution in [0.2, 0.25) is 0 Å². The molecule has 5 aliphatic heterocycles. The van der Waals surface area contributed by atoms with Crippen LogP contribution in [0.3, 0.4) is 0 Å². The number of H-pyrrole nitrogens is 1. The minimum atomic E-state index is -1.89. The third-order valence-electron chi connectivity index (χ3n) is 16.3. The van der Waals surface area contributed by atoms with E-state index in [9.17, 15) is 19.1 Å². The van der Waals surface area contributed by atoms with Crippen molar-refractivity contribution in [3.63, 3.8) is 0 Å². The number of fused-ring (bicyclic) bond motifs is 6. The minimum absolute atomic E-state index is 0.00543. The number of amides is 1. The molecular formula is C52H60FN5O7. The number of aliphatic hydroxyl groups is 1. The Morgan fingerprint density at radius 3 is 2.57 bits per heavy atom. The molecule has 3 N–H and O–H groups in total. The van der Waals surface area contributed by atoms with Gasteiger partial charge in [0.2, 0.25) is 0 Å². The Morgan fingerprint density at radius 2 is 1.83 bits per heavy atom. The Balaban J connectivity index is 1.23. The van der Waals surface area contributed by atoms with Crippen LogP contribution in [0.1, 0.15) is 79.2 Å². The van der Waals surface area contributed by atoms with E-state index in [0.29, 0.717) is 43.7 Å². The van der Waals surface area contributed by atoms with Crippen molar-refractivity contribution >= 4 is 34.4 Å². The van der Waals surface area contributed by atoms with Crippen molar-refractivity contribution in [2.24, 2.45) is 11.3 Å². The third kappa shape index (κ3) is 6.20. The van der Waals surface area contributed by atoms with Crippen molar-refractivity contribution in [1.29, 1.82) is 0 Å². The molecule has 0 radical (unpaired) electrons. The smallest absolute Gasteiger partial charge is 0.322 e. The number of hydrogen-bond donors (Lipinski definition) is 3. The Kier molecular flexibility index (Phi) is 10.6. The molecule has 3 aromatic carbocycles. The lowest BCUT2D eigenvalue weighted by Crippen LogP contribution is -2.81. The second kappa shape index (κ2) is 15.8. The summed E-state index contributed by atoms with van der Waals surface area (Å²) < 4.78 is 33.3. The van der Waals surface area contributed by atoms with E-state index in [2.05, 4.69) is 75.3 Å². The zero-order chi connectivity index (χ0) is 45.6. The van der Waals surface area contributed by atoms with Gasteiger partial charge in [-0.1, -0.05) is 61.9 Å². The van der Waals surface area contributed by atoms with Crippen LogP contribution in [0.4, 0.5) is 10.1 Å². The molecule has 9 atom stereocenters. The molecule has 10 rings (SSSR count). The number of carbonyl (C=O) groups excluding carboxylic acids is 3. The maximum absolute atomic E-state index is 15.4. The molecular weight excluding hydrogens is 826 g/mol. The van der Waals surface area contributed by atoms with Crippen LogP contribution in [0.25, 0.3) is 10.9 Å². The number of likely N-dealkylation sites (N-methyl/N-ethyl adjacent to an activating group) is 1. The van der Waals surface area contributed by atoms with Crippen LogP contribution in [0, 0.1) is 17.2 Å². The highest BCUT2D eigenvalue weighted by Gasteiger charge is 2.78. The van der Waals surface area contributed by atoms with Crippen molar-refractivity contribution in [3.8, 4) is 5.75 Å². The average molecular weight is 886 g/mol. The van der Waals surface area contributed by atoms with Crippen molar-refractivity contribution in [2.75, 3.05) is 65.4 Å². The van der Waals surface area contributed by atoms with Crippen molar-refractivity contribution in [1.82, 2.24) is 20.1 Å². The summed E-state index contributed by atoms with van der Waals surface area (Å²) in [4.78, 5) is 53.5. The van der Waals surface area contributed by atoms with Gasteiger partial charge in [-0.2, -0.15) is 0 Å².